The van der Waals surface area contributed by atoms with Gasteiger partial charge < -0.3 is 20.5 Å². The second-order valence-corrected chi connectivity index (χ2v) is 5.56. The lowest BCUT2D eigenvalue weighted by Gasteiger charge is -2.11. The Morgan fingerprint density at radius 3 is 2.52 bits per heavy atom. The summed E-state index contributed by atoms with van der Waals surface area (Å²) in [4.78, 5) is 4.33. The number of aryl methyl sites for hydroxylation is 1. The van der Waals surface area contributed by atoms with E-state index >= 15 is 0 Å². The number of ether oxygens (including phenoxy) is 2. The molecule has 7 heteroatoms. The third-order valence-corrected chi connectivity index (χ3v) is 3.87. The van der Waals surface area contributed by atoms with Gasteiger partial charge in [0.15, 0.2) is 17.5 Å². The smallest absolute Gasteiger partial charge is 0.193 e. The second-order valence-electron chi connectivity index (χ2n) is 5.16. The molecule has 2 aromatic rings. The lowest BCUT2D eigenvalue weighted by atomic mass is 10.1. The zero-order valence-electron chi connectivity index (χ0n) is 14.3. The van der Waals surface area contributed by atoms with Crippen LogP contribution in [-0.4, -0.2) is 26.7 Å². The number of methoxy groups -OCH3 is 2. The Hall–Kier alpha value is -1.67. The number of anilines is 1. The number of rotatable bonds is 7. The van der Waals surface area contributed by atoms with Crippen LogP contribution in [0.25, 0.3) is 0 Å². The molecule has 0 radical (unpaired) electrons. The molecule has 0 fully saturated rings. The number of guanidine groups is 1. The van der Waals surface area contributed by atoms with Gasteiger partial charge in [-0.05, 0) is 36.6 Å². The van der Waals surface area contributed by atoms with Crippen molar-refractivity contribution in [3.8, 4) is 11.5 Å². The van der Waals surface area contributed by atoms with Crippen LogP contribution in [0.4, 0.5) is 5.69 Å². The summed E-state index contributed by atoms with van der Waals surface area (Å²) < 4.78 is 10.5. The number of aliphatic imine (C=N–C) groups is 1. The monoisotopic (exact) mass is 475 g/mol. The van der Waals surface area contributed by atoms with Gasteiger partial charge in [0.1, 0.15) is 0 Å². The van der Waals surface area contributed by atoms with Crippen molar-refractivity contribution in [3.63, 3.8) is 0 Å². The first-order valence-electron chi connectivity index (χ1n) is 7.66. The van der Waals surface area contributed by atoms with Crippen molar-refractivity contribution in [2.45, 2.75) is 12.8 Å². The SMILES string of the molecule is COc1ccc(NC(N)=NCCCc2ccccc2Cl)cc1OC.I. The number of nitrogens with one attached hydrogen (secondary N) is 1. The van der Waals surface area contributed by atoms with E-state index in [0.717, 1.165) is 29.1 Å². The lowest BCUT2D eigenvalue weighted by Crippen LogP contribution is -2.22. The molecular formula is C18H23ClIN3O2. The highest BCUT2D eigenvalue weighted by Gasteiger charge is 2.05. The van der Waals surface area contributed by atoms with E-state index in [0.29, 0.717) is 24.0 Å². The Morgan fingerprint density at radius 2 is 1.84 bits per heavy atom. The van der Waals surface area contributed by atoms with E-state index in [4.69, 9.17) is 26.8 Å². The van der Waals surface area contributed by atoms with E-state index in [1.165, 1.54) is 0 Å². The van der Waals surface area contributed by atoms with Crippen molar-refractivity contribution in [2.75, 3.05) is 26.1 Å². The van der Waals surface area contributed by atoms with Gasteiger partial charge in [0.25, 0.3) is 0 Å². The fraction of sp³-hybridized carbons (Fsp3) is 0.278. The van der Waals surface area contributed by atoms with Gasteiger partial charge in [-0.25, -0.2) is 0 Å². The molecule has 0 aliphatic heterocycles. The average Bonchev–Trinajstić information content (AvgIpc) is 2.60. The summed E-state index contributed by atoms with van der Waals surface area (Å²) in [7, 11) is 3.19. The van der Waals surface area contributed by atoms with Crippen LogP contribution in [0.2, 0.25) is 5.02 Å². The molecule has 0 amide bonds. The summed E-state index contributed by atoms with van der Waals surface area (Å²) in [5, 5.41) is 3.83. The van der Waals surface area contributed by atoms with E-state index in [-0.39, 0.29) is 24.0 Å². The van der Waals surface area contributed by atoms with Gasteiger partial charge in [0, 0.05) is 23.3 Å². The minimum Gasteiger partial charge on any atom is -0.493 e. The third-order valence-electron chi connectivity index (χ3n) is 3.50. The van der Waals surface area contributed by atoms with Gasteiger partial charge in [-0.3, -0.25) is 4.99 Å². The number of hydrogen-bond donors (Lipinski definition) is 2. The van der Waals surface area contributed by atoms with Crippen LogP contribution in [-0.2, 0) is 6.42 Å². The number of halogens is 2. The second kappa shape index (κ2) is 11.0. The Labute approximate surface area is 170 Å². The Bertz CT molecular complexity index is 710. The van der Waals surface area contributed by atoms with E-state index in [1.807, 2.05) is 42.5 Å². The van der Waals surface area contributed by atoms with E-state index in [2.05, 4.69) is 10.3 Å². The van der Waals surface area contributed by atoms with Crippen molar-refractivity contribution in [3.05, 3.63) is 53.1 Å². The van der Waals surface area contributed by atoms with Crippen LogP contribution >= 0.6 is 35.6 Å². The fourth-order valence-electron chi connectivity index (χ4n) is 2.27. The molecule has 136 valence electrons. The summed E-state index contributed by atoms with van der Waals surface area (Å²) >= 11 is 6.13. The zero-order chi connectivity index (χ0) is 17.4. The molecule has 0 saturated heterocycles. The Morgan fingerprint density at radius 1 is 1.12 bits per heavy atom. The summed E-state index contributed by atoms with van der Waals surface area (Å²) in [6, 6.07) is 13.3. The van der Waals surface area contributed by atoms with E-state index < -0.39 is 0 Å². The maximum absolute atomic E-state index is 6.13. The first kappa shape index (κ1) is 21.4. The van der Waals surface area contributed by atoms with Crippen molar-refractivity contribution >= 4 is 47.2 Å². The van der Waals surface area contributed by atoms with Crippen LogP contribution in [0.15, 0.2) is 47.5 Å². The van der Waals surface area contributed by atoms with Crippen LogP contribution in [0, 0.1) is 0 Å². The lowest BCUT2D eigenvalue weighted by molar-refractivity contribution is 0.355. The standard InChI is InChI=1S/C18H22ClN3O2.HI/c1-23-16-10-9-14(12-17(16)24-2)22-18(20)21-11-5-7-13-6-3-4-8-15(13)19;/h3-4,6,8-10,12H,5,7,11H2,1-2H3,(H3,20,21,22);1H. The maximum Gasteiger partial charge on any atom is 0.193 e. The fourth-order valence-corrected chi connectivity index (χ4v) is 2.50. The maximum atomic E-state index is 6.13. The molecule has 3 N–H and O–H groups in total. The minimum atomic E-state index is 0. The van der Waals surface area contributed by atoms with Crippen molar-refractivity contribution in [1.29, 1.82) is 0 Å². The van der Waals surface area contributed by atoms with Crippen LogP contribution < -0.4 is 20.5 Å². The Balaban J connectivity index is 0.00000312. The largest absolute Gasteiger partial charge is 0.493 e. The average molecular weight is 476 g/mol. The van der Waals surface area contributed by atoms with Gasteiger partial charge in [0.05, 0.1) is 14.2 Å². The molecule has 0 bridgehead atoms. The van der Waals surface area contributed by atoms with Crippen LogP contribution in [0.5, 0.6) is 11.5 Å². The number of hydrogen-bond acceptors (Lipinski definition) is 3. The molecular weight excluding hydrogens is 453 g/mol. The van der Waals surface area contributed by atoms with Crippen molar-refractivity contribution in [1.82, 2.24) is 0 Å². The molecule has 2 aromatic carbocycles. The number of nitrogens with zero attached hydrogens (tertiary/aromatic N) is 1. The topological polar surface area (TPSA) is 68.9 Å². The van der Waals surface area contributed by atoms with E-state index in [9.17, 15) is 0 Å². The molecule has 0 aliphatic rings. The number of benzene rings is 2. The van der Waals surface area contributed by atoms with Crippen molar-refractivity contribution < 1.29 is 9.47 Å². The highest BCUT2D eigenvalue weighted by atomic mass is 127. The molecule has 5 nitrogen and oxygen atoms in total. The van der Waals surface area contributed by atoms with Gasteiger partial charge in [0.2, 0.25) is 0 Å². The molecule has 0 aliphatic carbocycles. The molecule has 25 heavy (non-hydrogen) atoms. The summed E-state index contributed by atoms with van der Waals surface area (Å²) in [6.07, 6.45) is 1.74. The third kappa shape index (κ3) is 6.62. The normalized spacial score (nSPS) is 10.8. The highest BCUT2D eigenvalue weighted by molar-refractivity contribution is 14.0. The molecule has 0 saturated carbocycles. The molecule has 0 unspecified atom stereocenters. The molecule has 0 aromatic heterocycles. The first-order chi connectivity index (χ1) is 11.6. The van der Waals surface area contributed by atoms with Gasteiger partial charge >= 0.3 is 0 Å². The molecule has 0 heterocycles. The van der Waals surface area contributed by atoms with Gasteiger partial charge in [-0.2, -0.15) is 0 Å². The summed E-state index contributed by atoms with van der Waals surface area (Å²) in [6.45, 7) is 0.622. The predicted octanol–water partition coefficient (Wildman–Crippen LogP) is 4.33. The highest BCUT2D eigenvalue weighted by Crippen LogP contribution is 2.29. The number of nitrogens with two attached hydrogens (primary N) is 1. The van der Waals surface area contributed by atoms with Crippen molar-refractivity contribution in [2.24, 2.45) is 10.7 Å². The molecule has 0 spiro atoms. The van der Waals surface area contributed by atoms with Crippen LogP contribution in [0.1, 0.15) is 12.0 Å². The minimum absolute atomic E-state index is 0. The zero-order valence-corrected chi connectivity index (χ0v) is 17.4. The van der Waals surface area contributed by atoms with Crippen LogP contribution in [0.3, 0.4) is 0 Å². The van der Waals surface area contributed by atoms with Gasteiger partial charge in [-0.15, -0.1) is 24.0 Å². The summed E-state index contributed by atoms with van der Waals surface area (Å²) in [5.74, 6) is 1.66. The van der Waals surface area contributed by atoms with E-state index in [1.54, 1.807) is 14.2 Å². The quantitative estimate of drug-likeness (QED) is 0.271. The predicted molar refractivity (Wildman–Crippen MR) is 115 cm³/mol. The van der Waals surface area contributed by atoms with Gasteiger partial charge in [-0.1, -0.05) is 29.8 Å². The Kier molecular flexibility index (Phi) is 9.44. The first-order valence-corrected chi connectivity index (χ1v) is 8.04. The molecule has 2 rings (SSSR count). The molecule has 0 atom stereocenters. The summed E-state index contributed by atoms with van der Waals surface area (Å²) in [5.41, 5.74) is 7.84.